The maximum absolute atomic E-state index is 3.93. The normalized spacial score (nSPS) is 30.3. The fourth-order valence-corrected chi connectivity index (χ4v) is 4.19. The summed E-state index contributed by atoms with van der Waals surface area (Å²) in [6.07, 6.45) is 10.9. The average Bonchev–Trinajstić information content (AvgIpc) is 2.63. The minimum Gasteiger partial charge on any atom is -0.311 e. The van der Waals surface area contributed by atoms with Crippen LogP contribution in [0, 0.1) is 0 Å². The summed E-state index contributed by atoms with van der Waals surface area (Å²) < 4.78 is 0. The molecule has 0 aromatic heterocycles. The summed E-state index contributed by atoms with van der Waals surface area (Å²) in [6, 6.07) is 9.04. The van der Waals surface area contributed by atoms with Crippen molar-refractivity contribution in [3.63, 3.8) is 0 Å². The van der Waals surface area contributed by atoms with Crippen LogP contribution in [0.25, 0.3) is 0 Å². The number of benzene rings is 1. The maximum Gasteiger partial charge on any atom is 0.0187 e. The van der Waals surface area contributed by atoms with Gasteiger partial charge >= 0.3 is 0 Å². The molecule has 1 aliphatic carbocycles. The Morgan fingerprint density at radius 1 is 1.21 bits per heavy atom. The Morgan fingerprint density at radius 2 is 2.11 bits per heavy atom. The van der Waals surface area contributed by atoms with Gasteiger partial charge in [0.2, 0.25) is 0 Å². The standard InChI is InChI=1S/C18H27N/c1-2-10-18(11-6-3-7-12-19-18)14-16-13-15-8-4-5-9-17(15)16/h4-5,8-9,16,19H,2-3,6-7,10-14H2,1H3. The number of nitrogens with one attached hydrogen (secondary N) is 1. The van der Waals surface area contributed by atoms with Crippen LogP contribution in [0.3, 0.4) is 0 Å². The monoisotopic (exact) mass is 257 g/mol. The molecule has 1 fully saturated rings. The zero-order valence-electron chi connectivity index (χ0n) is 12.3. The van der Waals surface area contributed by atoms with Crippen molar-refractivity contribution < 1.29 is 0 Å². The first-order chi connectivity index (χ1) is 9.33. The van der Waals surface area contributed by atoms with Crippen LogP contribution in [0.4, 0.5) is 0 Å². The molecule has 104 valence electrons. The molecule has 0 bridgehead atoms. The van der Waals surface area contributed by atoms with Crippen molar-refractivity contribution in [3.8, 4) is 0 Å². The van der Waals surface area contributed by atoms with Gasteiger partial charge in [0.1, 0.15) is 0 Å². The van der Waals surface area contributed by atoms with Crippen LogP contribution in [-0.2, 0) is 6.42 Å². The highest BCUT2D eigenvalue weighted by Gasteiger charge is 2.36. The molecule has 2 unspecified atom stereocenters. The third kappa shape index (κ3) is 2.72. The second kappa shape index (κ2) is 5.66. The molecule has 3 rings (SSSR count). The number of hydrogen-bond donors (Lipinski definition) is 1. The van der Waals surface area contributed by atoms with E-state index in [-0.39, 0.29) is 0 Å². The van der Waals surface area contributed by atoms with E-state index in [1.54, 1.807) is 11.1 Å². The molecule has 1 aliphatic heterocycles. The van der Waals surface area contributed by atoms with Gasteiger partial charge in [0.05, 0.1) is 0 Å². The molecule has 0 radical (unpaired) electrons. The molecule has 1 heteroatoms. The Balaban J connectivity index is 1.72. The predicted octanol–water partition coefficient (Wildman–Crippen LogP) is 4.42. The lowest BCUT2D eigenvalue weighted by Gasteiger charge is -2.41. The van der Waals surface area contributed by atoms with Gasteiger partial charge in [-0.25, -0.2) is 0 Å². The molecule has 1 heterocycles. The average molecular weight is 257 g/mol. The van der Waals surface area contributed by atoms with Gasteiger partial charge in [-0.2, -0.15) is 0 Å². The minimum absolute atomic E-state index is 0.434. The summed E-state index contributed by atoms with van der Waals surface area (Å²) in [7, 11) is 0. The van der Waals surface area contributed by atoms with Crippen LogP contribution in [0.15, 0.2) is 24.3 Å². The molecule has 1 aromatic carbocycles. The van der Waals surface area contributed by atoms with Gasteiger partial charge in [-0.1, -0.05) is 50.5 Å². The molecule has 1 saturated heterocycles. The van der Waals surface area contributed by atoms with Crippen molar-refractivity contribution in [1.82, 2.24) is 5.32 Å². The highest BCUT2D eigenvalue weighted by atomic mass is 15.0. The van der Waals surface area contributed by atoms with Crippen molar-refractivity contribution in [1.29, 1.82) is 0 Å². The number of hydrogen-bond acceptors (Lipinski definition) is 1. The van der Waals surface area contributed by atoms with Gasteiger partial charge in [0.25, 0.3) is 0 Å². The van der Waals surface area contributed by atoms with Crippen LogP contribution < -0.4 is 5.32 Å². The molecule has 0 saturated carbocycles. The van der Waals surface area contributed by atoms with E-state index in [4.69, 9.17) is 0 Å². The van der Waals surface area contributed by atoms with Crippen LogP contribution in [0.5, 0.6) is 0 Å². The van der Waals surface area contributed by atoms with Crippen LogP contribution >= 0.6 is 0 Å². The molecule has 1 nitrogen and oxygen atoms in total. The first-order valence-electron chi connectivity index (χ1n) is 8.16. The van der Waals surface area contributed by atoms with E-state index >= 15 is 0 Å². The van der Waals surface area contributed by atoms with E-state index in [0.29, 0.717) is 5.54 Å². The maximum atomic E-state index is 3.93. The molecular formula is C18H27N. The van der Waals surface area contributed by atoms with Crippen molar-refractivity contribution in [2.24, 2.45) is 0 Å². The third-order valence-electron chi connectivity index (χ3n) is 5.16. The van der Waals surface area contributed by atoms with E-state index in [2.05, 4.69) is 36.5 Å². The summed E-state index contributed by atoms with van der Waals surface area (Å²) >= 11 is 0. The Labute approximate surface area is 117 Å². The molecule has 0 amide bonds. The highest BCUT2D eigenvalue weighted by molar-refractivity contribution is 5.40. The number of fused-ring (bicyclic) bond motifs is 1. The second-order valence-electron chi connectivity index (χ2n) is 6.57. The molecule has 2 aliphatic rings. The van der Waals surface area contributed by atoms with Crippen LogP contribution in [0.2, 0.25) is 0 Å². The Kier molecular flexibility index (Phi) is 3.93. The van der Waals surface area contributed by atoms with Crippen molar-refractivity contribution in [3.05, 3.63) is 35.4 Å². The molecule has 19 heavy (non-hydrogen) atoms. The van der Waals surface area contributed by atoms with Gasteiger partial charge in [-0.15, -0.1) is 0 Å². The smallest absolute Gasteiger partial charge is 0.0187 e. The summed E-state index contributed by atoms with van der Waals surface area (Å²) in [5.41, 5.74) is 3.65. The van der Waals surface area contributed by atoms with Gasteiger partial charge < -0.3 is 5.32 Å². The predicted molar refractivity (Wildman–Crippen MR) is 81.6 cm³/mol. The second-order valence-corrected chi connectivity index (χ2v) is 6.57. The zero-order valence-corrected chi connectivity index (χ0v) is 12.3. The summed E-state index contributed by atoms with van der Waals surface area (Å²) in [6.45, 7) is 3.57. The minimum atomic E-state index is 0.434. The van der Waals surface area contributed by atoms with E-state index in [0.717, 1.165) is 5.92 Å². The van der Waals surface area contributed by atoms with Crippen molar-refractivity contribution >= 4 is 0 Å². The van der Waals surface area contributed by atoms with Crippen molar-refractivity contribution in [2.75, 3.05) is 6.54 Å². The van der Waals surface area contributed by atoms with E-state index in [1.807, 2.05) is 0 Å². The molecule has 1 N–H and O–H groups in total. The summed E-state index contributed by atoms with van der Waals surface area (Å²) in [5, 5.41) is 3.93. The molecule has 2 atom stereocenters. The summed E-state index contributed by atoms with van der Waals surface area (Å²) in [4.78, 5) is 0. The third-order valence-corrected chi connectivity index (χ3v) is 5.16. The first kappa shape index (κ1) is 13.2. The molecule has 1 aromatic rings. The zero-order chi connectivity index (χ0) is 13.1. The van der Waals surface area contributed by atoms with Crippen molar-refractivity contribution in [2.45, 2.75) is 69.7 Å². The SMILES string of the molecule is CCCC1(CC2Cc3ccccc32)CCCCCN1. The largest absolute Gasteiger partial charge is 0.311 e. The fraction of sp³-hybridized carbons (Fsp3) is 0.667. The Morgan fingerprint density at radius 3 is 2.95 bits per heavy atom. The van der Waals surface area contributed by atoms with Crippen LogP contribution in [0.1, 0.15) is 68.9 Å². The molecular weight excluding hydrogens is 230 g/mol. The van der Waals surface area contributed by atoms with Gasteiger partial charge in [0.15, 0.2) is 0 Å². The van der Waals surface area contributed by atoms with E-state index in [1.165, 1.54) is 57.9 Å². The highest BCUT2D eigenvalue weighted by Crippen LogP contribution is 2.43. The van der Waals surface area contributed by atoms with E-state index in [9.17, 15) is 0 Å². The Bertz CT molecular complexity index is 415. The van der Waals surface area contributed by atoms with Gasteiger partial charge in [0, 0.05) is 5.54 Å². The fourth-order valence-electron chi connectivity index (χ4n) is 4.19. The van der Waals surface area contributed by atoms with Crippen LogP contribution in [-0.4, -0.2) is 12.1 Å². The first-order valence-corrected chi connectivity index (χ1v) is 8.16. The molecule has 0 spiro atoms. The lowest BCUT2D eigenvalue weighted by atomic mass is 9.69. The van der Waals surface area contributed by atoms with E-state index < -0.39 is 0 Å². The summed E-state index contributed by atoms with van der Waals surface area (Å²) in [5.74, 6) is 0.813. The quantitative estimate of drug-likeness (QED) is 0.842. The van der Waals surface area contributed by atoms with Gasteiger partial charge in [-0.05, 0) is 55.7 Å². The topological polar surface area (TPSA) is 12.0 Å². The van der Waals surface area contributed by atoms with Gasteiger partial charge in [-0.3, -0.25) is 0 Å². The number of rotatable bonds is 4. The lowest BCUT2D eigenvalue weighted by molar-refractivity contribution is 0.243. The Hall–Kier alpha value is -0.820. The lowest BCUT2D eigenvalue weighted by Crippen LogP contribution is -2.46.